The first-order valence-electron chi connectivity index (χ1n) is 7.72. The van der Waals surface area contributed by atoms with Gasteiger partial charge in [0, 0.05) is 25.0 Å². The molecule has 1 heterocycles. The lowest BCUT2D eigenvalue weighted by Gasteiger charge is -2.59. The number of carbonyl (C=O) groups excluding carboxylic acids is 1. The van der Waals surface area contributed by atoms with Crippen LogP contribution in [0, 0.1) is 5.41 Å². The SMILES string of the molecule is CCOC1CC(N)(C(=O)N2CC(CO)OCC2C)C1(C)C. The van der Waals surface area contributed by atoms with Gasteiger partial charge in [-0.25, -0.2) is 0 Å². The molecule has 1 aliphatic carbocycles. The van der Waals surface area contributed by atoms with Crippen molar-refractivity contribution in [3.8, 4) is 0 Å². The summed E-state index contributed by atoms with van der Waals surface area (Å²) in [5.41, 5.74) is 5.15. The molecule has 21 heavy (non-hydrogen) atoms. The van der Waals surface area contributed by atoms with Crippen LogP contribution in [0.1, 0.15) is 34.1 Å². The molecule has 0 aromatic carbocycles. The fourth-order valence-electron chi connectivity index (χ4n) is 3.27. The van der Waals surface area contributed by atoms with Crippen LogP contribution < -0.4 is 5.73 Å². The molecule has 3 N–H and O–H groups in total. The molecule has 1 saturated heterocycles. The minimum atomic E-state index is -0.904. The van der Waals surface area contributed by atoms with Crippen molar-refractivity contribution in [1.82, 2.24) is 4.90 Å². The minimum Gasteiger partial charge on any atom is -0.394 e. The Morgan fingerprint density at radius 2 is 2.19 bits per heavy atom. The van der Waals surface area contributed by atoms with Gasteiger partial charge in [-0.1, -0.05) is 13.8 Å². The van der Waals surface area contributed by atoms with Crippen LogP contribution in [0.5, 0.6) is 0 Å². The van der Waals surface area contributed by atoms with E-state index in [0.29, 0.717) is 26.2 Å². The fraction of sp³-hybridized carbons (Fsp3) is 0.933. The molecule has 2 rings (SSSR count). The zero-order valence-corrected chi connectivity index (χ0v) is 13.5. The molecule has 0 aromatic rings. The van der Waals surface area contributed by atoms with E-state index in [1.54, 1.807) is 4.90 Å². The Labute approximate surface area is 126 Å². The van der Waals surface area contributed by atoms with E-state index < -0.39 is 11.0 Å². The van der Waals surface area contributed by atoms with Gasteiger partial charge in [0.1, 0.15) is 5.54 Å². The van der Waals surface area contributed by atoms with Crippen molar-refractivity contribution in [3.63, 3.8) is 0 Å². The van der Waals surface area contributed by atoms with Crippen LogP contribution >= 0.6 is 0 Å². The maximum absolute atomic E-state index is 12.9. The van der Waals surface area contributed by atoms with Crippen LogP contribution in [0.15, 0.2) is 0 Å². The largest absolute Gasteiger partial charge is 0.394 e. The number of aliphatic hydroxyl groups is 1. The molecule has 0 spiro atoms. The Morgan fingerprint density at radius 1 is 1.52 bits per heavy atom. The van der Waals surface area contributed by atoms with E-state index in [0.717, 1.165) is 0 Å². The van der Waals surface area contributed by atoms with E-state index in [1.165, 1.54) is 0 Å². The third-order valence-electron chi connectivity index (χ3n) is 5.18. The first-order chi connectivity index (χ1) is 9.77. The highest BCUT2D eigenvalue weighted by Gasteiger charge is 2.64. The van der Waals surface area contributed by atoms with Gasteiger partial charge < -0.3 is 25.2 Å². The molecule has 0 radical (unpaired) electrons. The Bertz CT molecular complexity index is 401. The number of nitrogens with two attached hydrogens (primary N) is 1. The van der Waals surface area contributed by atoms with E-state index in [9.17, 15) is 9.90 Å². The summed E-state index contributed by atoms with van der Waals surface area (Å²) in [5, 5.41) is 9.25. The van der Waals surface area contributed by atoms with Crippen LogP contribution in [0.4, 0.5) is 0 Å². The predicted octanol–water partition coefficient (Wildman–Crippen LogP) is 0.127. The number of hydrogen-bond acceptors (Lipinski definition) is 5. The van der Waals surface area contributed by atoms with Crippen molar-refractivity contribution in [2.45, 2.75) is 57.9 Å². The van der Waals surface area contributed by atoms with E-state index in [-0.39, 0.29) is 30.8 Å². The van der Waals surface area contributed by atoms with E-state index in [2.05, 4.69) is 0 Å². The highest BCUT2D eigenvalue weighted by Crippen LogP contribution is 2.50. The summed E-state index contributed by atoms with van der Waals surface area (Å²) in [6.07, 6.45) is 0.238. The third kappa shape index (κ3) is 2.59. The van der Waals surface area contributed by atoms with Gasteiger partial charge in [-0.3, -0.25) is 4.79 Å². The van der Waals surface area contributed by atoms with Gasteiger partial charge in [0.15, 0.2) is 0 Å². The second kappa shape index (κ2) is 5.83. The van der Waals surface area contributed by atoms with Crippen molar-refractivity contribution in [3.05, 3.63) is 0 Å². The summed E-state index contributed by atoms with van der Waals surface area (Å²) in [6, 6.07) is -0.0253. The standard InChI is InChI=1S/C15H28N2O4/c1-5-20-12-6-15(16,14(12,3)4)13(19)17-7-11(8-18)21-9-10(17)2/h10-12,18H,5-9,16H2,1-4H3. The quantitative estimate of drug-likeness (QED) is 0.771. The Kier molecular flexibility index (Phi) is 4.63. The summed E-state index contributed by atoms with van der Waals surface area (Å²) in [5.74, 6) is -0.0577. The molecule has 1 amide bonds. The van der Waals surface area contributed by atoms with E-state index in [4.69, 9.17) is 15.2 Å². The number of carbonyl (C=O) groups is 1. The molecule has 1 saturated carbocycles. The zero-order valence-electron chi connectivity index (χ0n) is 13.5. The maximum atomic E-state index is 12.9. The molecule has 122 valence electrons. The van der Waals surface area contributed by atoms with Crippen molar-refractivity contribution in [2.24, 2.45) is 11.1 Å². The first kappa shape index (κ1) is 16.7. The number of aliphatic hydroxyl groups excluding tert-OH is 1. The maximum Gasteiger partial charge on any atom is 0.243 e. The molecular weight excluding hydrogens is 272 g/mol. The summed E-state index contributed by atoms with van der Waals surface area (Å²) in [6.45, 7) is 9.24. The predicted molar refractivity (Wildman–Crippen MR) is 78.7 cm³/mol. The fourth-order valence-corrected chi connectivity index (χ4v) is 3.27. The average molecular weight is 300 g/mol. The minimum absolute atomic E-state index is 0.0152. The van der Waals surface area contributed by atoms with Gasteiger partial charge in [-0.2, -0.15) is 0 Å². The lowest BCUT2D eigenvalue weighted by atomic mass is 9.54. The summed E-state index contributed by atoms with van der Waals surface area (Å²) in [7, 11) is 0. The molecule has 2 fully saturated rings. The van der Waals surface area contributed by atoms with Crippen LogP contribution in [-0.4, -0.2) is 66.1 Å². The highest BCUT2D eigenvalue weighted by atomic mass is 16.5. The highest BCUT2D eigenvalue weighted by molar-refractivity contribution is 5.89. The zero-order chi connectivity index (χ0) is 15.8. The number of ether oxygens (including phenoxy) is 2. The van der Waals surface area contributed by atoms with E-state index >= 15 is 0 Å². The second-order valence-corrected chi connectivity index (χ2v) is 6.79. The molecule has 0 bridgehead atoms. The van der Waals surface area contributed by atoms with Gasteiger partial charge in [0.25, 0.3) is 0 Å². The Balaban J connectivity index is 2.12. The van der Waals surface area contributed by atoms with Crippen molar-refractivity contribution in [2.75, 3.05) is 26.4 Å². The molecule has 2 aliphatic rings. The molecule has 1 aliphatic heterocycles. The molecule has 6 heteroatoms. The second-order valence-electron chi connectivity index (χ2n) is 6.79. The summed E-state index contributed by atoms with van der Waals surface area (Å²) in [4.78, 5) is 14.7. The normalized spacial score (nSPS) is 39.0. The lowest BCUT2D eigenvalue weighted by Crippen LogP contribution is -2.77. The first-order valence-corrected chi connectivity index (χ1v) is 7.72. The smallest absolute Gasteiger partial charge is 0.243 e. The van der Waals surface area contributed by atoms with Crippen molar-refractivity contribution in [1.29, 1.82) is 0 Å². The molecule has 6 nitrogen and oxygen atoms in total. The van der Waals surface area contributed by atoms with Crippen LogP contribution in [0.2, 0.25) is 0 Å². The van der Waals surface area contributed by atoms with Crippen molar-refractivity contribution >= 4 is 5.91 Å². The average Bonchev–Trinajstić information content (AvgIpc) is 2.46. The Morgan fingerprint density at radius 3 is 2.71 bits per heavy atom. The monoisotopic (exact) mass is 300 g/mol. The van der Waals surface area contributed by atoms with Gasteiger partial charge in [0.05, 0.1) is 31.5 Å². The molecule has 0 aromatic heterocycles. The van der Waals surface area contributed by atoms with E-state index in [1.807, 2.05) is 27.7 Å². The number of amides is 1. The Hall–Kier alpha value is -0.690. The molecular formula is C15H28N2O4. The number of rotatable bonds is 4. The number of morpholine rings is 1. The van der Waals surface area contributed by atoms with Crippen molar-refractivity contribution < 1.29 is 19.4 Å². The third-order valence-corrected chi connectivity index (χ3v) is 5.18. The van der Waals surface area contributed by atoms with Gasteiger partial charge in [-0.15, -0.1) is 0 Å². The van der Waals surface area contributed by atoms with Gasteiger partial charge in [0.2, 0.25) is 5.91 Å². The summed E-state index contributed by atoms with van der Waals surface area (Å²) < 4.78 is 11.2. The van der Waals surface area contributed by atoms with Gasteiger partial charge in [-0.05, 0) is 13.8 Å². The topological polar surface area (TPSA) is 85.0 Å². The number of nitrogens with zero attached hydrogens (tertiary/aromatic N) is 1. The van der Waals surface area contributed by atoms with Crippen LogP contribution in [0.3, 0.4) is 0 Å². The lowest BCUT2D eigenvalue weighted by molar-refractivity contribution is -0.188. The summed E-state index contributed by atoms with van der Waals surface area (Å²) >= 11 is 0. The molecule has 4 unspecified atom stereocenters. The van der Waals surface area contributed by atoms with Crippen LogP contribution in [-0.2, 0) is 14.3 Å². The van der Waals surface area contributed by atoms with Crippen LogP contribution in [0.25, 0.3) is 0 Å². The van der Waals surface area contributed by atoms with Gasteiger partial charge >= 0.3 is 0 Å². The molecule has 4 atom stereocenters. The number of hydrogen-bond donors (Lipinski definition) is 2.